The Morgan fingerprint density at radius 2 is 2.17 bits per heavy atom. The Hall–Kier alpha value is -1.92. The predicted octanol–water partition coefficient (Wildman–Crippen LogP) is 2.73. The van der Waals surface area contributed by atoms with E-state index in [2.05, 4.69) is 15.0 Å². The van der Waals surface area contributed by atoms with Crippen molar-refractivity contribution in [1.29, 1.82) is 0 Å². The summed E-state index contributed by atoms with van der Waals surface area (Å²) in [6.45, 7) is 6.98. The first kappa shape index (κ1) is 16.9. The van der Waals surface area contributed by atoms with Gasteiger partial charge < -0.3 is 14.4 Å². The molecule has 0 spiro atoms. The Balaban J connectivity index is 1.63. The van der Waals surface area contributed by atoms with Gasteiger partial charge in [0.25, 0.3) is 0 Å². The molecule has 2 aromatic rings. The van der Waals surface area contributed by atoms with Crippen LogP contribution in [0.4, 0.5) is 0 Å². The normalized spacial score (nSPS) is 20.0. The summed E-state index contributed by atoms with van der Waals surface area (Å²) < 4.78 is 10.8. The molecule has 2 heterocycles. The first-order chi connectivity index (χ1) is 11.7. The summed E-state index contributed by atoms with van der Waals surface area (Å²) in [5, 5.41) is 13.9. The molecule has 1 saturated heterocycles. The Kier molecular flexibility index (Phi) is 5.48. The molecule has 1 N–H and O–H groups in total. The SMILES string of the molecule is CCOc1ccc(-c2noc(CN3CCCC(C(C)O)C3)n2)cc1. The van der Waals surface area contributed by atoms with Crippen LogP contribution >= 0.6 is 0 Å². The fourth-order valence-electron chi connectivity index (χ4n) is 3.12. The van der Waals surface area contributed by atoms with E-state index >= 15 is 0 Å². The zero-order valence-corrected chi connectivity index (χ0v) is 14.3. The molecule has 0 aliphatic carbocycles. The van der Waals surface area contributed by atoms with E-state index in [1.54, 1.807) is 0 Å². The molecule has 3 rings (SSSR count). The molecule has 24 heavy (non-hydrogen) atoms. The number of piperidine rings is 1. The predicted molar refractivity (Wildman–Crippen MR) is 90.6 cm³/mol. The smallest absolute Gasteiger partial charge is 0.241 e. The van der Waals surface area contributed by atoms with Gasteiger partial charge in [-0.1, -0.05) is 5.16 Å². The quantitative estimate of drug-likeness (QED) is 0.877. The molecule has 1 fully saturated rings. The summed E-state index contributed by atoms with van der Waals surface area (Å²) in [5.41, 5.74) is 0.911. The highest BCUT2D eigenvalue weighted by molar-refractivity contribution is 5.55. The monoisotopic (exact) mass is 331 g/mol. The van der Waals surface area contributed by atoms with E-state index in [4.69, 9.17) is 9.26 Å². The molecule has 0 bridgehead atoms. The van der Waals surface area contributed by atoms with Crippen molar-refractivity contribution >= 4 is 0 Å². The van der Waals surface area contributed by atoms with Crippen molar-refractivity contribution in [3.05, 3.63) is 30.2 Å². The van der Waals surface area contributed by atoms with E-state index in [1.807, 2.05) is 38.1 Å². The molecule has 1 aromatic heterocycles. The molecule has 2 atom stereocenters. The van der Waals surface area contributed by atoms with Crippen LogP contribution in [0.2, 0.25) is 0 Å². The van der Waals surface area contributed by atoms with E-state index in [0.29, 0.717) is 30.8 Å². The number of hydrogen-bond donors (Lipinski definition) is 1. The number of hydrogen-bond acceptors (Lipinski definition) is 6. The third-order valence-corrected chi connectivity index (χ3v) is 4.47. The zero-order chi connectivity index (χ0) is 16.9. The number of aromatic nitrogens is 2. The van der Waals surface area contributed by atoms with Crippen LogP contribution in [0.3, 0.4) is 0 Å². The van der Waals surface area contributed by atoms with Crippen LogP contribution in [0.15, 0.2) is 28.8 Å². The van der Waals surface area contributed by atoms with Crippen molar-refractivity contribution in [2.45, 2.75) is 39.3 Å². The second-order valence-electron chi connectivity index (χ2n) is 6.35. The van der Waals surface area contributed by atoms with Gasteiger partial charge in [-0.05, 0) is 63.4 Å². The van der Waals surface area contributed by atoms with E-state index < -0.39 is 0 Å². The van der Waals surface area contributed by atoms with Gasteiger partial charge in [-0.25, -0.2) is 0 Å². The number of likely N-dealkylation sites (tertiary alicyclic amines) is 1. The average molecular weight is 331 g/mol. The van der Waals surface area contributed by atoms with Gasteiger partial charge >= 0.3 is 0 Å². The lowest BCUT2D eigenvalue weighted by Crippen LogP contribution is -2.39. The molecule has 2 unspecified atom stereocenters. The molecule has 6 nitrogen and oxygen atoms in total. The van der Waals surface area contributed by atoms with Gasteiger partial charge in [0, 0.05) is 12.1 Å². The van der Waals surface area contributed by atoms with Crippen molar-refractivity contribution in [2.24, 2.45) is 5.92 Å². The molecule has 0 amide bonds. The van der Waals surface area contributed by atoms with Crippen LogP contribution < -0.4 is 4.74 Å². The summed E-state index contributed by atoms with van der Waals surface area (Å²) in [6.07, 6.45) is 1.90. The second kappa shape index (κ2) is 7.77. The van der Waals surface area contributed by atoms with Gasteiger partial charge in [-0.3, -0.25) is 4.90 Å². The molecular formula is C18H25N3O3. The van der Waals surface area contributed by atoms with E-state index in [0.717, 1.165) is 37.2 Å². The van der Waals surface area contributed by atoms with Crippen molar-refractivity contribution in [3.8, 4) is 17.1 Å². The third-order valence-electron chi connectivity index (χ3n) is 4.47. The molecule has 1 aliphatic rings. The number of ether oxygens (including phenoxy) is 1. The molecule has 0 radical (unpaired) electrons. The minimum atomic E-state index is -0.269. The largest absolute Gasteiger partial charge is 0.494 e. The van der Waals surface area contributed by atoms with Crippen LogP contribution in [0.1, 0.15) is 32.6 Å². The lowest BCUT2D eigenvalue weighted by molar-refractivity contribution is 0.0556. The molecule has 1 aromatic carbocycles. The van der Waals surface area contributed by atoms with E-state index in [-0.39, 0.29) is 6.10 Å². The highest BCUT2D eigenvalue weighted by atomic mass is 16.5. The maximum atomic E-state index is 9.79. The summed E-state index contributed by atoms with van der Waals surface area (Å²) in [5.74, 6) is 2.37. The molecular weight excluding hydrogens is 306 g/mol. The Morgan fingerprint density at radius 3 is 2.88 bits per heavy atom. The van der Waals surface area contributed by atoms with Gasteiger partial charge in [-0.2, -0.15) is 4.98 Å². The lowest BCUT2D eigenvalue weighted by atomic mass is 9.93. The Bertz CT molecular complexity index is 639. The van der Waals surface area contributed by atoms with Crippen molar-refractivity contribution in [1.82, 2.24) is 15.0 Å². The number of nitrogens with zero attached hydrogens (tertiary/aromatic N) is 3. The number of rotatable bonds is 6. The van der Waals surface area contributed by atoms with E-state index in [1.165, 1.54) is 0 Å². The van der Waals surface area contributed by atoms with Crippen molar-refractivity contribution in [3.63, 3.8) is 0 Å². The maximum Gasteiger partial charge on any atom is 0.241 e. The van der Waals surface area contributed by atoms with Crippen LogP contribution in [0.5, 0.6) is 5.75 Å². The first-order valence-corrected chi connectivity index (χ1v) is 8.62. The van der Waals surface area contributed by atoms with E-state index in [9.17, 15) is 5.11 Å². The molecule has 130 valence electrons. The Labute approximate surface area is 142 Å². The van der Waals surface area contributed by atoms with Crippen molar-refractivity contribution in [2.75, 3.05) is 19.7 Å². The number of aliphatic hydroxyl groups excluding tert-OH is 1. The first-order valence-electron chi connectivity index (χ1n) is 8.62. The minimum absolute atomic E-state index is 0.269. The second-order valence-corrected chi connectivity index (χ2v) is 6.35. The lowest BCUT2D eigenvalue weighted by Gasteiger charge is -2.33. The number of benzene rings is 1. The standard InChI is InChI=1S/C18H25N3O3/c1-3-23-16-8-6-14(7-9-16)18-19-17(24-20-18)12-21-10-4-5-15(11-21)13(2)22/h6-9,13,15,22H,3-5,10-12H2,1-2H3. The zero-order valence-electron chi connectivity index (χ0n) is 14.3. The van der Waals surface area contributed by atoms with Gasteiger partial charge in [0.15, 0.2) is 0 Å². The fraction of sp³-hybridized carbons (Fsp3) is 0.556. The van der Waals surface area contributed by atoms with Crippen molar-refractivity contribution < 1.29 is 14.4 Å². The third kappa shape index (κ3) is 4.13. The molecule has 6 heteroatoms. The summed E-state index contributed by atoms with van der Waals surface area (Å²) in [4.78, 5) is 6.77. The van der Waals surface area contributed by atoms with Crippen LogP contribution in [-0.4, -0.2) is 45.9 Å². The summed E-state index contributed by atoms with van der Waals surface area (Å²) in [7, 11) is 0. The Morgan fingerprint density at radius 1 is 1.38 bits per heavy atom. The number of aliphatic hydroxyl groups is 1. The van der Waals surface area contributed by atoms with Crippen LogP contribution in [-0.2, 0) is 6.54 Å². The summed E-state index contributed by atoms with van der Waals surface area (Å²) >= 11 is 0. The highest BCUT2D eigenvalue weighted by Crippen LogP contribution is 2.23. The average Bonchev–Trinajstić information content (AvgIpc) is 3.04. The van der Waals surface area contributed by atoms with Crippen LogP contribution in [0.25, 0.3) is 11.4 Å². The van der Waals surface area contributed by atoms with Gasteiger partial charge in [0.1, 0.15) is 5.75 Å². The topological polar surface area (TPSA) is 71.6 Å². The summed E-state index contributed by atoms with van der Waals surface area (Å²) in [6, 6.07) is 7.69. The van der Waals surface area contributed by atoms with Gasteiger partial charge in [0.05, 0.1) is 19.3 Å². The molecule has 1 aliphatic heterocycles. The minimum Gasteiger partial charge on any atom is -0.494 e. The van der Waals surface area contributed by atoms with Gasteiger partial charge in [0.2, 0.25) is 11.7 Å². The van der Waals surface area contributed by atoms with Crippen LogP contribution in [0, 0.1) is 5.92 Å². The van der Waals surface area contributed by atoms with Gasteiger partial charge in [-0.15, -0.1) is 0 Å². The molecule has 0 saturated carbocycles. The highest BCUT2D eigenvalue weighted by Gasteiger charge is 2.24. The maximum absolute atomic E-state index is 9.79. The fourth-order valence-corrected chi connectivity index (χ4v) is 3.12.